The first-order chi connectivity index (χ1) is 12.1. The molecule has 2 aromatic rings. The lowest BCUT2D eigenvalue weighted by Crippen LogP contribution is -2.35. The molecule has 2 heterocycles. The first-order valence-electron chi connectivity index (χ1n) is 8.21. The monoisotopic (exact) mass is 343 g/mol. The van der Waals surface area contributed by atoms with Gasteiger partial charge < -0.3 is 15.4 Å². The van der Waals surface area contributed by atoms with Crippen molar-refractivity contribution in [3.8, 4) is 5.75 Å². The molecule has 1 fully saturated rings. The van der Waals surface area contributed by atoms with Gasteiger partial charge in [0.1, 0.15) is 11.9 Å². The van der Waals surface area contributed by atoms with E-state index < -0.39 is 4.92 Å². The highest BCUT2D eigenvalue weighted by molar-refractivity contribution is 5.53. The van der Waals surface area contributed by atoms with E-state index in [0.717, 1.165) is 38.1 Å². The molecule has 0 saturated carbocycles. The molecule has 0 unspecified atom stereocenters. The summed E-state index contributed by atoms with van der Waals surface area (Å²) in [5.74, 6) is 1.83. The molecule has 0 bridgehead atoms. The molecule has 132 valence electrons. The van der Waals surface area contributed by atoms with Crippen LogP contribution < -0.4 is 15.4 Å². The molecule has 0 radical (unpaired) electrons. The summed E-state index contributed by atoms with van der Waals surface area (Å²) in [5.41, 5.74) is 6.67. The van der Waals surface area contributed by atoms with Crippen LogP contribution in [0.4, 0.5) is 17.5 Å². The first-order valence-corrected chi connectivity index (χ1v) is 8.21. The zero-order valence-corrected chi connectivity index (χ0v) is 14.1. The minimum Gasteiger partial charge on any atom is -0.497 e. The van der Waals surface area contributed by atoms with Crippen molar-refractivity contribution in [2.75, 3.05) is 30.8 Å². The van der Waals surface area contributed by atoms with Crippen molar-refractivity contribution >= 4 is 17.5 Å². The highest BCUT2D eigenvalue weighted by atomic mass is 16.6. The van der Waals surface area contributed by atoms with Crippen LogP contribution in [0.15, 0.2) is 30.5 Å². The second kappa shape index (κ2) is 7.33. The minimum atomic E-state index is -0.570. The molecule has 1 aromatic heterocycles. The maximum atomic E-state index is 10.8. The Balaban J connectivity index is 1.60. The quantitative estimate of drug-likeness (QED) is 0.656. The van der Waals surface area contributed by atoms with Crippen molar-refractivity contribution < 1.29 is 9.66 Å². The summed E-state index contributed by atoms with van der Waals surface area (Å²) in [5, 5.41) is 10.8. The molecule has 1 saturated heterocycles. The SMILES string of the molecule is COc1cccc(CC2CCN(c3ncc([N+](=O)[O-])c(N)n3)CC2)c1. The van der Waals surface area contributed by atoms with Crippen molar-refractivity contribution in [3.63, 3.8) is 0 Å². The van der Waals surface area contributed by atoms with Gasteiger partial charge >= 0.3 is 5.69 Å². The smallest absolute Gasteiger partial charge is 0.329 e. The van der Waals surface area contributed by atoms with Crippen LogP contribution in [0, 0.1) is 16.0 Å². The number of aromatic nitrogens is 2. The number of nitrogens with zero attached hydrogens (tertiary/aromatic N) is 4. The Morgan fingerprint density at radius 1 is 1.40 bits per heavy atom. The lowest BCUT2D eigenvalue weighted by Gasteiger charge is -2.32. The Bertz CT molecular complexity index is 760. The van der Waals surface area contributed by atoms with Gasteiger partial charge in [-0.15, -0.1) is 0 Å². The molecule has 2 N–H and O–H groups in total. The number of nitro groups is 1. The summed E-state index contributed by atoms with van der Waals surface area (Å²) < 4.78 is 5.27. The van der Waals surface area contributed by atoms with Crippen molar-refractivity contribution in [1.82, 2.24) is 9.97 Å². The lowest BCUT2D eigenvalue weighted by molar-refractivity contribution is -0.384. The third-order valence-corrected chi connectivity index (χ3v) is 4.54. The standard InChI is InChI=1S/C17H21N5O3/c1-25-14-4-2-3-13(10-14)9-12-5-7-21(8-6-12)17-19-11-15(22(23)24)16(18)20-17/h2-4,10-12H,5-9H2,1H3,(H2,18,19,20). The van der Waals surface area contributed by atoms with Gasteiger partial charge in [0.15, 0.2) is 0 Å². The largest absolute Gasteiger partial charge is 0.497 e. The van der Waals surface area contributed by atoms with E-state index >= 15 is 0 Å². The van der Waals surface area contributed by atoms with E-state index in [-0.39, 0.29) is 11.5 Å². The van der Waals surface area contributed by atoms with Crippen molar-refractivity contribution in [3.05, 3.63) is 46.1 Å². The van der Waals surface area contributed by atoms with Crippen LogP contribution in [0.1, 0.15) is 18.4 Å². The van der Waals surface area contributed by atoms with Crippen molar-refractivity contribution in [2.45, 2.75) is 19.3 Å². The van der Waals surface area contributed by atoms with Crippen LogP contribution in [0.3, 0.4) is 0 Å². The second-order valence-electron chi connectivity index (χ2n) is 6.18. The summed E-state index contributed by atoms with van der Waals surface area (Å²) in [7, 11) is 1.67. The number of hydrogen-bond donors (Lipinski definition) is 1. The molecule has 1 aliphatic heterocycles. The fourth-order valence-electron chi connectivity index (χ4n) is 3.14. The molecule has 0 amide bonds. The summed E-state index contributed by atoms with van der Waals surface area (Å²) in [6, 6.07) is 8.15. The fourth-order valence-corrected chi connectivity index (χ4v) is 3.14. The molecule has 8 heteroatoms. The maximum absolute atomic E-state index is 10.8. The second-order valence-corrected chi connectivity index (χ2v) is 6.18. The zero-order valence-electron chi connectivity index (χ0n) is 14.1. The number of hydrogen-bond acceptors (Lipinski definition) is 7. The van der Waals surface area contributed by atoms with E-state index in [4.69, 9.17) is 10.5 Å². The van der Waals surface area contributed by atoms with Crippen LogP contribution >= 0.6 is 0 Å². The predicted molar refractivity (Wildman–Crippen MR) is 94.7 cm³/mol. The fraction of sp³-hybridized carbons (Fsp3) is 0.412. The molecule has 0 atom stereocenters. The summed E-state index contributed by atoms with van der Waals surface area (Å²) in [4.78, 5) is 20.4. The predicted octanol–water partition coefficient (Wildman–Crippen LogP) is 2.43. The number of benzene rings is 1. The third-order valence-electron chi connectivity index (χ3n) is 4.54. The van der Waals surface area contributed by atoms with Gasteiger partial charge in [-0.3, -0.25) is 10.1 Å². The average Bonchev–Trinajstić information content (AvgIpc) is 2.62. The molecule has 3 rings (SSSR count). The Labute approximate surface area is 145 Å². The van der Waals surface area contributed by atoms with Gasteiger partial charge in [-0.2, -0.15) is 4.98 Å². The molecule has 0 spiro atoms. The normalized spacial score (nSPS) is 15.2. The number of anilines is 2. The highest BCUT2D eigenvalue weighted by Gasteiger charge is 2.23. The molecular weight excluding hydrogens is 322 g/mol. The molecule has 25 heavy (non-hydrogen) atoms. The summed E-state index contributed by atoms with van der Waals surface area (Å²) in [6.07, 6.45) is 4.21. The lowest BCUT2D eigenvalue weighted by atomic mass is 9.90. The van der Waals surface area contributed by atoms with E-state index in [0.29, 0.717) is 11.9 Å². The van der Waals surface area contributed by atoms with E-state index in [2.05, 4.69) is 22.1 Å². The Hall–Kier alpha value is -2.90. The van der Waals surface area contributed by atoms with E-state index in [1.165, 1.54) is 11.8 Å². The Kier molecular flexibility index (Phi) is 4.97. The van der Waals surface area contributed by atoms with Gasteiger partial charge in [-0.05, 0) is 42.9 Å². The molecule has 0 aliphatic carbocycles. The molecule has 8 nitrogen and oxygen atoms in total. The van der Waals surface area contributed by atoms with Crippen molar-refractivity contribution in [1.29, 1.82) is 0 Å². The first kappa shape index (κ1) is 16.9. The molecule has 1 aliphatic rings. The number of rotatable bonds is 5. The Morgan fingerprint density at radius 2 is 2.16 bits per heavy atom. The Morgan fingerprint density at radius 3 is 2.80 bits per heavy atom. The van der Waals surface area contributed by atoms with Crippen LogP contribution in [-0.2, 0) is 6.42 Å². The highest BCUT2D eigenvalue weighted by Crippen LogP contribution is 2.27. The van der Waals surface area contributed by atoms with Gasteiger partial charge in [0.25, 0.3) is 0 Å². The zero-order chi connectivity index (χ0) is 17.8. The van der Waals surface area contributed by atoms with Gasteiger partial charge in [-0.1, -0.05) is 12.1 Å². The molecular formula is C17H21N5O3. The number of methoxy groups -OCH3 is 1. The van der Waals surface area contributed by atoms with Crippen LogP contribution in [0.5, 0.6) is 5.75 Å². The third kappa shape index (κ3) is 3.96. The van der Waals surface area contributed by atoms with E-state index in [9.17, 15) is 10.1 Å². The summed E-state index contributed by atoms with van der Waals surface area (Å²) >= 11 is 0. The topological polar surface area (TPSA) is 107 Å². The summed E-state index contributed by atoms with van der Waals surface area (Å²) in [6.45, 7) is 1.62. The van der Waals surface area contributed by atoms with Crippen LogP contribution in [0.25, 0.3) is 0 Å². The molecule has 1 aromatic carbocycles. The number of nitrogen functional groups attached to an aromatic ring is 1. The van der Waals surface area contributed by atoms with Crippen LogP contribution in [0.2, 0.25) is 0 Å². The number of nitrogens with two attached hydrogens (primary N) is 1. The van der Waals surface area contributed by atoms with Gasteiger partial charge in [0, 0.05) is 13.1 Å². The van der Waals surface area contributed by atoms with Gasteiger partial charge in [0.2, 0.25) is 11.8 Å². The van der Waals surface area contributed by atoms with Crippen LogP contribution in [-0.4, -0.2) is 35.1 Å². The number of piperidine rings is 1. The van der Waals surface area contributed by atoms with Crippen molar-refractivity contribution in [2.24, 2.45) is 5.92 Å². The van der Waals surface area contributed by atoms with Gasteiger partial charge in [-0.25, -0.2) is 4.98 Å². The van der Waals surface area contributed by atoms with E-state index in [1.54, 1.807) is 7.11 Å². The van der Waals surface area contributed by atoms with Gasteiger partial charge in [0.05, 0.1) is 12.0 Å². The minimum absolute atomic E-state index is 0.0893. The van der Waals surface area contributed by atoms with E-state index in [1.807, 2.05) is 17.0 Å². The average molecular weight is 343 g/mol. The maximum Gasteiger partial charge on any atom is 0.329 e. The number of ether oxygens (including phenoxy) is 1.